The molecule has 2 aromatic rings. The van der Waals surface area contributed by atoms with Crippen molar-refractivity contribution in [2.45, 2.75) is 51.4 Å². The summed E-state index contributed by atoms with van der Waals surface area (Å²) in [5.41, 5.74) is 2.93. The molecule has 0 radical (unpaired) electrons. The van der Waals surface area contributed by atoms with Crippen LogP contribution in [0.25, 0.3) is 12.2 Å². The van der Waals surface area contributed by atoms with Crippen LogP contribution in [0.5, 0.6) is 0 Å². The van der Waals surface area contributed by atoms with E-state index in [1.807, 2.05) is 36.4 Å². The molecule has 0 amide bonds. The molecule has 34 heavy (non-hydrogen) atoms. The summed E-state index contributed by atoms with van der Waals surface area (Å²) < 4.78 is 10.6. The first-order valence-corrected chi connectivity index (χ1v) is 12.1. The molecule has 6 heteroatoms. The first-order valence-electron chi connectivity index (χ1n) is 12.1. The third kappa shape index (κ3) is 10.8. The predicted octanol–water partition coefficient (Wildman–Crippen LogP) is 5.28. The molecule has 0 unspecified atom stereocenters. The monoisotopic (exact) mass is 468 g/mol. The second-order valence-electron chi connectivity index (χ2n) is 8.12. The number of ether oxygens (including phenoxy) is 2. The topological polar surface area (TPSA) is 93.1 Å². The molecule has 0 atom stereocenters. The van der Waals surface area contributed by atoms with Crippen LogP contribution in [0, 0.1) is 0 Å². The van der Waals surface area contributed by atoms with Crippen LogP contribution in [0.2, 0.25) is 0 Å². The third-order valence-corrected chi connectivity index (χ3v) is 5.33. The Morgan fingerprint density at radius 2 is 0.912 bits per heavy atom. The number of rotatable bonds is 16. The van der Waals surface area contributed by atoms with E-state index in [0.717, 1.165) is 62.5 Å². The van der Waals surface area contributed by atoms with Crippen LogP contribution in [0.4, 0.5) is 0 Å². The van der Waals surface area contributed by atoms with Crippen molar-refractivity contribution in [2.24, 2.45) is 0 Å². The van der Waals surface area contributed by atoms with E-state index in [1.54, 1.807) is 24.3 Å². The highest BCUT2D eigenvalue weighted by atomic mass is 16.5. The van der Waals surface area contributed by atoms with Gasteiger partial charge in [0.25, 0.3) is 0 Å². The Kier molecular flexibility index (Phi) is 13.3. The fraction of sp³-hybridized carbons (Fsp3) is 0.429. The van der Waals surface area contributed by atoms with Crippen LogP contribution in [0.15, 0.2) is 48.5 Å². The number of hydrogen-bond acceptors (Lipinski definition) is 6. The summed E-state index contributed by atoms with van der Waals surface area (Å²) in [6, 6.07) is 14.4. The smallest absolute Gasteiger partial charge is 0.338 e. The zero-order chi connectivity index (χ0) is 24.4. The number of hydrogen-bond donors (Lipinski definition) is 2. The van der Waals surface area contributed by atoms with Gasteiger partial charge in [0.15, 0.2) is 0 Å². The van der Waals surface area contributed by atoms with Crippen LogP contribution in [-0.2, 0) is 9.47 Å². The van der Waals surface area contributed by atoms with Crippen molar-refractivity contribution in [3.05, 3.63) is 70.8 Å². The van der Waals surface area contributed by atoms with Gasteiger partial charge in [0.2, 0.25) is 0 Å². The molecule has 2 N–H and O–H groups in total. The molecule has 0 bridgehead atoms. The zero-order valence-electron chi connectivity index (χ0n) is 19.8. The molecule has 0 saturated heterocycles. The lowest BCUT2D eigenvalue weighted by atomic mass is 10.1. The van der Waals surface area contributed by atoms with Gasteiger partial charge in [-0.2, -0.15) is 0 Å². The summed E-state index contributed by atoms with van der Waals surface area (Å²) in [6.07, 6.45) is 10.8. The van der Waals surface area contributed by atoms with Crippen molar-refractivity contribution in [1.29, 1.82) is 0 Å². The number of esters is 2. The fourth-order valence-electron chi connectivity index (χ4n) is 3.28. The largest absolute Gasteiger partial charge is 0.462 e. The van der Waals surface area contributed by atoms with Crippen LogP contribution in [0.1, 0.15) is 83.2 Å². The molecule has 0 aromatic heterocycles. The second-order valence-corrected chi connectivity index (χ2v) is 8.12. The minimum atomic E-state index is -0.328. The van der Waals surface area contributed by atoms with Gasteiger partial charge in [-0.25, -0.2) is 9.59 Å². The van der Waals surface area contributed by atoms with Gasteiger partial charge in [-0.15, -0.1) is 0 Å². The predicted molar refractivity (Wildman–Crippen MR) is 133 cm³/mol. The fourth-order valence-corrected chi connectivity index (χ4v) is 3.28. The van der Waals surface area contributed by atoms with E-state index in [1.165, 1.54) is 0 Å². The van der Waals surface area contributed by atoms with E-state index in [4.69, 9.17) is 19.7 Å². The van der Waals surface area contributed by atoms with Crippen LogP contribution >= 0.6 is 0 Å². The number of aliphatic hydroxyl groups excluding tert-OH is 2. The van der Waals surface area contributed by atoms with E-state index in [0.29, 0.717) is 24.3 Å². The summed E-state index contributed by atoms with van der Waals surface area (Å²) in [7, 11) is 0. The van der Waals surface area contributed by atoms with Crippen molar-refractivity contribution in [3.8, 4) is 0 Å². The maximum absolute atomic E-state index is 12.1. The molecule has 0 saturated carbocycles. The number of aliphatic hydroxyl groups is 2. The van der Waals surface area contributed by atoms with E-state index in [9.17, 15) is 9.59 Å². The number of carbonyl (C=O) groups is 2. The van der Waals surface area contributed by atoms with Gasteiger partial charge in [0.05, 0.1) is 24.3 Å². The van der Waals surface area contributed by atoms with Crippen molar-refractivity contribution in [2.75, 3.05) is 26.4 Å². The zero-order valence-corrected chi connectivity index (χ0v) is 19.8. The number of benzene rings is 2. The Hall–Kier alpha value is -2.96. The number of carbonyl (C=O) groups excluding carboxylic acids is 2. The lowest BCUT2D eigenvalue weighted by molar-refractivity contribution is 0.0488. The standard InChI is InChI=1S/C28H36O6/c29-19-5-1-3-7-21-33-27(31)25-15-11-23(12-16-25)9-10-24-13-17-26(18-14-24)28(32)34-22-8-4-2-6-20-30/h9-18,29-30H,1-8,19-22H2/b10-9+. The highest BCUT2D eigenvalue weighted by Crippen LogP contribution is 2.13. The SMILES string of the molecule is O=C(OCCCCCCO)c1ccc(/C=C/c2ccc(C(=O)OCCCCCCO)cc2)cc1. The molecular formula is C28H36O6. The molecule has 0 fully saturated rings. The maximum Gasteiger partial charge on any atom is 0.338 e. The molecule has 2 rings (SSSR count). The molecule has 184 valence electrons. The summed E-state index contributed by atoms with van der Waals surface area (Å²) >= 11 is 0. The van der Waals surface area contributed by atoms with Gasteiger partial charge in [0, 0.05) is 13.2 Å². The lowest BCUT2D eigenvalue weighted by Crippen LogP contribution is -2.06. The normalized spacial score (nSPS) is 11.0. The Balaban J connectivity index is 1.75. The Morgan fingerprint density at radius 3 is 1.26 bits per heavy atom. The van der Waals surface area contributed by atoms with Crippen molar-refractivity contribution >= 4 is 24.1 Å². The van der Waals surface area contributed by atoms with Gasteiger partial charge >= 0.3 is 11.9 Å². The van der Waals surface area contributed by atoms with Gasteiger partial charge in [0.1, 0.15) is 0 Å². The lowest BCUT2D eigenvalue weighted by Gasteiger charge is -2.05. The maximum atomic E-state index is 12.1. The van der Waals surface area contributed by atoms with Crippen LogP contribution in [-0.4, -0.2) is 48.6 Å². The summed E-state index contributed by atoms with van der Waals surface area (Å²) in [6.45, 7) is 1.18. The van der Waals surface area contributed by atoms with Gasteiger partial charge in [-0.1, -0.05) is 49.3 Å². The first-order chi connectivity index (χ1) is 16.6. The van der Waals surface area contributed by atoms with E-state index >= 15 is 0 Å². The Labute approximate surface area is 202 Å². The molecule has 0 spiro atoms. The van der Waals surface area contributed by atoms with Crippen molar-refractivity contribution in [1.82, 2.24) is 0 Å². The average Bonchev–Trinajstić information content (AvgIpc) is 2.87. The second kappa shape index (κ2) is 16.6. The Bertz CT molecular complexity index is 797. The van der Waals surface area contributed by atoms with Crippen LogP contribution < -0.4 is 0 Å². The van der Waals surface area contributed by atoms with Crippen molar-refractivity contribution in [3.63, 3.8) is 0 Å². The summed E-state index contributed by atoms with van der Waals surface area (Å²) in [4.78, 5) is 24.2. The minimum absolute atomic E-state index is 0.203. The van der Waals surface area contributed by atoms with Gasteiger partial charge < -0.3 is 19.7 Å². The van der Waals surface area contributed by atoms with E-state index in [2.05, 4.69) is 0 Å². The van der Waals surface area contributed by atoms with Crippen LogP contribution in [0.3, 0.4) is 0 Å². The van der Waals surface area contributed by atoms with Gasteiger partial charge in [-0.05, 0) is 73.9 Å². The minimum Gasteiger partial charge on any atom is -0.462 e. The third-order valence-electron chi connectivity index (χ3n) is 5.33. The molecule has 2 aromatic carbocycles. The molecule has 0 heterocycles. The average molecular weight is 469 g/mol. The van der Waals surface area contributed by atoms with E-state index < -0.39 is 0 Å². The highest BCUT2D eigenvalue weighted by Gasteiger charge is 2.07. The summed E-state index contributed by atoms with van der Waals surface area (Å²) in [5, 5.41) is 17.5. The number of unbranched alkanes of at least 4 members (excludes halogenated alkanes) is 6. The quantitative estimate of drug-likeness (QED) is 0.198. The molecule has 6 nitrogen and oxygen atoms in total. The van der Waals surface area contributed by atoms with E-state index in [-0.39, 0.29) is 25.2 Å². The molecular weight excluding hydrogens is 432 g/mol. The van der Waals surface area contributed by atoms with Crippen molar-refractivity contribution < 1.29 is 29.3 Å². The molecule has 0 aliphatic carbocycles. The Morgan fingerprint density at radius 1 is 0.559 bits per heavy atom. The first kappa shape index (κ1) is 27.3. The molecule has 0 aliphatic rings. The molecule has 0 aliphatic heterocycles. The highest BCUT2D eigenvalue weighted by molar-refractivity contribution is 5.90. The van der Waals surface area contributed by atoms with Gasteiger partial charge in [-0.3, -0.25) is 0 Å². The summed E-state index contributed by atoms with van der Waals surface area (Å²) in [5.74, 6) is -0.657.